The van der Waals surface area contributed by atoms with Crippen molar-refractivity contribution >= 4 is 5.91 Å². The van der Waals surface area contributed by atoms with Crippen LogP contribution in [-0.2, 0) is 0 Å². The van der Waals surface area contributed by atoms with Gasteiger partial charge in [0.15, 0.2) is 5.82 Å². The summed E-state index contributed by atoms with van der Waals surface area (Å²) < 4.78 is 18.4. The van der Waals surface area contributed by atoms with Gasteiger partial charge in [-0.2, -0.15) is 4.98 Å². The van der Waals surface area contributed by atoms with Crippen molar-refractivity contribution in [1.82, 2.24) is 15.0 Å². The van der Waals surface area contributed by atoms with Crippen LogP contribution >= 0.6 is 0 Å². The molecule has 2 aromatic rings. The minimum Gasteiger partial charge on any atom is -0.339 e. The largest absolute Gasteiger partial charge is 0.339 e. The molecule has 110 valence electrons. The number of aromatic nitrogens is 2. The number of hydrogen-bond donors (Lipinski definition) is 0. The summed E-state index contributed by atoms with van der Waals surface area (Å²) in [6.45, 7) is 4.62. The van der Waals surface area contributed by atoms with Crippen LogP contribution in [0.5, 0.6) is 0 Å². The molecule has 1 aromatic carbocycles. The van der Waals surface area contributed by atoms with Crippen molar-refractivity contribution in [2.24, 2.45) is 0 Å². The maximum absolute atomic E-state index is 13.3. The molecule has 0 saturated carbocycles. The van der Waals surface area contributed by atoms with Crippen molar-refractivity contribution < 1.29 is 13.7 Å². The van der Waals surface area contributed by atoms with Crippen LogP contribution in [0.2, 0.25) is 0 Å². The zero-order chi connectivity index (χ0) is 15.0. The van der Waals surface area contributed by atoms with Crippen LogP contribution in [0.1, 0.15) is 40.0 Å². The summed E-state index contributed by atoms with van der Waals surface area (Å²) in [6.07, 6.45) is 0.799. The van der Waals surface area contributed by atoms with Crippen LogP contribution in [0, 0.1) is 19.7 Å². The quantitative estimate of drug-likeness (QED) is 0.852. The van der Waals surface area contributed by atoms with Gasteiger partial charge in [-0.3, -0.25) is 4.79 Å². The first kappa shape index (κ1) is 13.7. The number of carbonyl (C=O) groups is 1. The third kappa shape index (κ3) is 2.66. The molecule has 1 amide bonds. The summed E-state index contributed by atoms with van der Waals surface area (Å²) in [5, 5.41) is 3.78. The number of amides is 1. The Morgan fingerprint density at radius 2 is 2.24 bits per heavy atom. The second-order valence-electron chi connectivity index (χ2n) is 5.38. The van der Waals surface area contributed by atoms with E-state index in [0.29, 0.717) is 35.9 Å². The van der Waals surface area contributed by atoms with Crippen molar-refractivity contribution in [3.8, 4) is 0 Å². The van der Waals surface area contributed by atoms with Gasteiger partial charge >= 0.3 is 0 Å². The van der Waals surface area contributed by atoms with E-state index in [4.69, 9.17) is 4.52 Å². The number of halogens is 1. The molecule has 1 aliphatic rings. The lowest BCUT2D eigenvalue weighted by Gasteiger charge is -2.16. The number of nitrogens with zero attached hydrogens (tertiary/aromatic N) is 3. The lowest BCUT2D eigenvalue weighted by Crippen LogP contribution is -2.28. The third-order valence-corrected chi connectivity index (χ3v) is 3.77. The van der Waals surface area contributed by atoms with E-state index in [1.54, 1.807) is 24.8 Å². The molecule has 1 aromatic heterocycles. The summed E-state index contributed by atoms with van der Waals surface area (Å²) >= 11 is 0. The van der Waals surface area contributed by atoms with Gasteiger partial charge in [-0.25, -0.2) is 4.39 Å². The minimum atomic E-state index is -0.299. The predicted octanol–water partition coefficient (Wildman–Crippen LogP) is 2.46. The molecule has 0 N–H and O–H groups in total. The highest BCUT2D eigenvalue weighted by molar-refractivity contribution is 5.94. The summed E-state index contributed by atoms with van der Waals surface area (Å²) in [5.74, 6) is 0.878. The molecule has 2 heterocycles. The average molecular weight is 289 g/mol. The van der Waals surface area contributed by atoms with Gasteiger partial charge < -0.3 is 9.42 Å². The molecule has 1 fully saturated rings. The van der Waals surface area contributed by atoms with Gasteiger partial charge in [0.25, 0.3) is 5.91 Å². The first-order valence-electron chi connectivity index (χ1n) is 6.90. The number of benzene rings is 1. The van der Waals surface area contributed by atoms with E-state index in [-0.39, 0.29) is 17.6 Å². The van der Waals surface area contributed by atoms with Crippen molar-refractivity contribution in [1.29, 1.82) is 0 Å². The number of aryl methyl sites for hydroxylation is 2. The van der Waals surface area contributed by atoms with E-state index in [0.717, 1.165) is 6.42 Å². The maximum atomic E-state index is 13.3. The summed E-state index contributed by atoms with van der Waals surface area (Å²) in [4.78, 5) is 18.4. The lowest BCUT2D eigenvalue weighted by molar-refractivity contribution is 0.0789. The Hall–Kier alpha value is -2.24. The fourth-order valence-corrected chi connectivity index (χ4v) is 2.59. The van der Waals surface area contributed by atoms with E-state index < -0.39 is 0 Å². The molecule has 0 spiro atoms. The SMILES string of the molecule is Cc1noc([C@@H]2CCN(C(=O)c3ccc(F)c(C)c3)C2)n1. The van der Waals surface area contributed by atoms with Crippen LogP contribution in [0.4, 0.5) is 4.39 Å². The van der Waals surface area contributed by atoms with Gasteiger partial charge in [0.1, 0.15) is 5.82 Å². The molecule has 0 unspecified atom stereocenters. The van der Waals surface area contributed by atoms with Crippen molar-refractivity contribution in [2.45, 2.75) is 26.2 Å². The molecule has 5 nitrogen and oxygen atoms in total. The van der Waals surface area contributed by atoms with E-state index >= 15 is 0 Å². The van der Waals surface area contributed by atoms with Crippen LogP contribution < -0.4 is 0 Å². The highest BCUT2D eigenvalue weighted by Crippen LogP contribution is 2.27. The molecule has 1 atom stereocenters. The number of carbonyl (C=O) groups excluding carboxylic acids is 1. The zero-order valence-corrected chi connectivity index (χ0v) is 12.0. The molecule has 3 rings (SSSR count). The van der Waals surface area contributed by atoms with Crippen molar-refractivity contribution in [2.75, 3.05) is 13.1 Å². The molecule has 6 heteroatoms. The van der Waals surface area contributed by atoms with Gasteiger partial charge in [0, 0.05) is 18.7 Å². The van der Waals surface area contributed by atoms with Crippen molar-refractivity contribution in [3.05, 3.63) is 46.9 Å². The van der Waals surface area contributed by atoms with Gasteiger partial charge in [0.2, 0.25) is 5.89 Å². The van der Waals surface area contributed by atoms with Crippen LogP contribution in [0.3, 0.4) is 0 Å². The summed E-state index contributed by atoms with van der Waals surface area (Å²) in [6, 6.07) is 4.44. The normalized spacial score (nSPS) is 18.2. The highest BCUT2D eigenvalue weighted by atomic mass is 19.1. The molecule has 0 aliphatic carbocycles. The van der Waals surface area contributed by atoms with E-state index in [2.05, 4.69) is 10.1 Å². The van der Waals surface area contributed by atoms with Crippen LogP contribution in [0.25, 0.3) is 0 Å². The Morgan fingerprint density at radius 3 is 2.90 bits per heavy atom. The fourth-order valence-electron chi connectivity index (χ4n) is 2.59. The summed E-state index contributed by atoms with van der Waals surface area (Å²) in [5.41, 5.74) is 0.986. The zero-order valence-electron chi connectivity index (χ0n) is 12.0. The predicted molar refractivity (Wildman–Crippen MR) is 73.4 cm³/mol. The Kier molecular flexibility index (Phi) is 3.45. The second-order valence-corrected chi connectivity index (χ2v) is 5.38. The number of rotatable bonds is 2. The summed E-state index contributed by atoms with van der Waals surface area (Å²) in [7, 11) is 0. The Bertz CT molecular complexity index is 683. The Morgan fingerprint density at radius 1 is 1.43 bits per heavy atom. The fraction of sp³-hybridized carbons (Fsp3) is 0.400. The maximum Gasteiger partial charge on any atom is 0.253 e. The highest BCUT2D eigenvalue weighted by Gasteiger charge is 2.31. The van der Waals surface area contributed by atoms with Crippen LogP contribution in [-0.4, -0.2) is 34.0 Å². The first-order chi connectivity index (χ1) is 10.0. The van der Waals surface area contributed by atoms with Gasteiger partial charge in [0.05, 0.1) is 5.92 Å². The van der Waals surface area contributed by atoms with E-state index in [9.17, 15) is 9.18 Å². The van der Waals surface area contributed by atoms with E-state index in [1.807, 2.05) is 0 Å². The molecule has 1 aliphatic heterocycles. The van der Waals surface area contributed by atoms with Crippen molar-refractivity contribution in [3.63, 3.8) is 0 Å². The minimum absolute atomic E-state index is 0.0803. The van der Waals surface area contributed by atoms with E-state index in [1.165, 1.54) is 12.1 Å². The molecule has 0 radical (unpaired) electrons. The lowest BCUT2D eigenvalue weighted by atomic mass is 10.1. The van der Waals surface area contributed by atoms with Gasteiger partial charge in [-0.15, -0.1) is 0 Å². The Balaban J connectivity index is 1.73. The third-order valence-electron chi connectivity index (χ3n) is 3.77. The molecule has 1 saturated heterocycles. The molecule has 0 bridgehead atoms. The monoisotopic (exact) mass is 289 g/mol. The molecule has 21 heavy (non-hydrogen) atoms. The first-order valence-corrected chi connectivity index (χ1v) is 6.90. The molecular formula is C15H16FN3O2. The van der Waals surface area contributed by atoms with Crippen LogP contribution in [0.15, 0.2) is 22.7 Å². The number of hydrogen-bond acceptors (Lipinski definition) is 4. The van der Waals surface area contributed by atoms with Gasteiger partial charge in [-0.1, -0.05) is 5.16 Å². The topological polar surface area (TPSA) is 59.2 Å². The van der Waals surface area contributed by atoms with Gasteiger partial charge in [-0.05, 0) is 44.0 Å². The second kappa shape index (κ2) is 5.27. The number of likely N-dealkylation sites (tertiary alicyclic amines) is 1. The Labute approximate surface area is 121 Å². The average Bonchev–Trinajstić information content (AvgIpc) is 3.09. The molecular weight excluding hydrogens is 273 g/mol. The standard InChI is InChI=1S/C15H16FN3O2/c1-9-7-11(3-4-13(9)16)15(20)19-6-5-12(8-19)14-17-10(2)18-21-14/h3-4,7,12H,5-6,8H2,1-2H3/t12-/m1/s1. The smallest absolute Gasteiger partial charge is 0.253 e.